The second-order valence-corrected chi connectivity index (χ2v) is 9.85. The van der Waals surface area contributed by atoms with Crippen LogP contribution in [0.25, 0.3) is 11.4 Å². The molecule has 3 unspecified atom stereocenters. The molecule has 1 saturated carbocycles. The Morgan fingerprint density at radius 2 is 1.97 bits per heavy atom. The first kappa shape index (κ1) is 20.9. The monoisotopic (exact) mass is 424 g/mol. The first-order chi connectivity index (χ1) is 15.2. The SMILES string of the molecule is Cc1cnn(C)c1-c1ccc(NCCC2CCC3CN(CC4CCOCC4)CC23)nn1. The number of aryl methyl sites for hydroxylation is 2. The summed E-state index contributed by atoms with van der Waals surface area (Å²) in [5, 5.41) is 16.6. The molecule has 0 spiro atoms. The minimum absolute atomic E-state index is 0.849. The number of aromatic nitrogens is 4. The molecular formula is C24H36N6O. The van der Waals surface area contributed by atoms with Gasteiger partial charge < -0.3 is 15.0 Å². The average Bonchev–Trinajstić information content (AvgIpc) is 3.45. The minimum atomic E-state index is 0.849. The fourth-order valence-electron chi connectivity index (χ4n) is 6.13. The summed E-state index contributed by atoms with van der Waals surface area (Å²) in [7, 11) is 1.94. The Labute approximate surface area is 185 Å². The van der Waals surface area contributed by atoms with Crippen molar-refractivity contribution >= 4 is 5.82 Å². The lowest BCUT2D eigenvalue weighted by molar-refractivity contribution is 0.0542. The fourth-order valence-corrected chi connectivity index (χ4v) is 6.13. The summed E-state index contributed by atoms with van der Waals surface area (Å²) in [4.78, 5) is 2.76. The van der Waals surface area contributed by atoms with Crippen LogP contribution in [0, 0.1) is 30.6 Å². The summed E-state index contributed by atoms with van der Waals surface area (Å²) in [6, 6.07) is 4.08. The molecule has 5 rings (SSSR count). The van der Waals surface area contributed by atoms with E-state index < -0.39 is 0 Å². The third-order valence-electron chi connectivity index (χ3n) is 7.79. The van der Waals surface area contributed by atoms with Gasteiger partial charge in [0.15, 0.2) is 0 Å². The summed E-state index contributed by atoms with van der Waals surface area (Å²) in [5.74, 6) is 4.38. The number of anilines is 1. The molecule has 2 aromatic heterocycles. The molecule has 0 bridgehead atoms. The number of rotatable bonds is 7. The van der Waals surface area contributed by atoms with Crippen molar-refractivity contribution in [3.63, 3.8) is 0 Å². The van der Waals surface area contributed by atoms with Crippen molar-refractivity contribution in [1.29, 1.82) is 0 Å². The molecule has 3 aliphatic rings. The van der Waals surface area contributed by atoms with E-state index >= 15 is 0 Å². The van der Waals surface area contributed by atoms with Gasteiger partial charge in [0.1, 0.15) is 11.5 Å². The van der Waals surface area contributed by atoms with E-state index in [1.165, 1.54) is 51.7 Å². The van der Waals surface area contributed by atoms with Gasteiger partial charge in [-0.3, -0.25) is 4.68 Å². The summed E-state index contributed by atoms with van der Waals surface area (Å²) in [6.07, 6.45) is 8.41. The Morgan fingerprint density at radius 3 is 2.71 bits per heavy atom. The van der Waals surface area contributed by atoms with E-state index in [1.54, 1.807) is 0 Å². The van der Waals surface area contributed by atoms with Crippen LogP contribution in [0.4, 0.5) is 5.82 Å². The zero-order valence-corrected chi connectivity index (χ0v) is 19.0. The number of hydrogen-bond acceptors (Lipinski definition) is 6. The van der Waals surface area contributed by atoms with Crippen molar-refractivity contribution in [2.45, 2.75) is 39.0 Å². The van der Waals surface area contributed by atoms with Crippen LogP contribution in [0.5, 0.6) is 0 Å². The van der Waals surface area contributed by atoms with Gasteiger partial charge in [0.2, 0.25) is 0 Å². The maximum Gasteiger partial charge on any atom is 0.148 e. The van der Waals surface area contributed by atoms with Crippen LogP contribution in [-0.2, 0) is 11.8 Å². The topological polar surface area (TPSA) is 68.1 Å². The van der Waals surface area contributed by atoms with Gasteiger partial charge >= 0.3 is 0 Å². The molecule has 2 aromatic rings. The van der Waals surface area contributed by atoms with Gasteiger partial charge in [-0.25, -0.2) is 0 Å². The molecule has 0 radical (unpaired) electrons. The maximum atomic E-state index is 5.53. The largest absolute Gasteiger partial charge is 0.381 e. The third-order valence-corrected chi connectivity index (χ3v) is 7.79. The van der Waals surface area contributed by atoms with E-state index in [0.717, 1.165) is 66.2 Å². The highest BCUT2D eigenvalue weighted by molar-refractivity contribution is 5.59. The van der Waals surface area contributed by atoms with Gasteiger partial charge in [-0.05, 0) is 80.4 Å². The highest BCUT2D eigenvalue weighted by Crippen LogP contribution is 2.44. The van der Waals surface area contributed by atoms with E-state index in [2.05, 4.69) is 32.4 Å². The number of hydrogen-bond donors (Lipinski definition) is 1. The normalized spacial score (nSPS) is 27.0. The Bertz CT molecular complexity index is 840. The summed E-state index contributed by atoms with van der Waals surface area (Å²) in [5.41, 5.74) is 3.02. The molecule has 31 heavy (non-hydrogen) atoms. The second kappa shape index (κ2) is 9.25. The number of nitrogens with zero attached hydrogens (tertiary/aromatic N) is 5. The van der Waals surface area contributed by atoms with Crippen LogP contribution < -0.4 is 5.32 Å². The van der Waals surface area contributed by atoms with Gasteiger partial charge in [-0.15, -0.1) is 10.2 Å². The lowest BCUT2D eigenvalue weighted by atomic mass is 9.90. The Balaban J connectivity index is 1.09. The zero-order chi connectivity index (χ0) is 21.2. The quantitative estimate of drug-likeness (QED) is 0.735. The smallest absolute Gasteiger partial charge is 0.148 e. The van der Waals surface area contributed by atoms with E-state index in [9.17, 15) is 0 Å². The number of likely N-dealkylation sites (tertiary alicyclic amines) is 1. The molecule has 168 valence electrons. The van der Waals surface area contributed by atoms with Crippen LogP contribution in [-0.4, -0.2) is 64.3 Å². The second-order valence-electron chi connectivity index (χ2n) is 9.85. The summed E-state index contributed by atoms with van der Waals surface area (Å²) in [6.45, 7) is 8.89. The van der Waals surface area contributed by atoms with Crippen LogP contribution in [0.15, 0.2) is 18.3 Å². The molecule has 1 N–H and O–H groups in total. The van der Waals surface area contributed by atoms with Crippen molar-refractivity contribution < 1.29 is 4.74 Å². The third kappa shape index (κ3) is 4.62. The zero-order valence-electron chi connectivity index (χ0n) is 19.0. The van der Waals surface area contributed by atoms with Crippen LogP contribution in [0.3, 0.4) is 0 Å². The molecule has 7 nitrogen and oxygen atoms in total. The molecule has 3 fully saturated rings. The van der Waals surface area contributed by atoms with Crippen LogP contribution in [0.2, 0.25) is 0 Å². The molecule has 3 atom stereocenters. The van der Waals surface area contributed by atoms with Gasteiger partial charge in [-0.2, -0.15) is 5.10 Å². The van der Waals surface area contributed by atoms with E-state index in [0.29, 0.717) is 0 Å². The van der Waals surface area contributed by atoms with E-state index in [1.807, 2.05) is 30.1 Å². The highest BCUT2D eigenvalue weighted by Gasteiger charge is 2.42. The van der Waals surface area contributed by atoms with Gasteiger partial charge in [-0.1, -0.05) is 0 Å². The van der Waals surface area contributed by atoms with Gasteiger partial charge in [0.25, 0.3) is 0 Å². The standard InChI is InChI=1S/C24H36N6O/c1-17-13-26-29(2)24(17)22-5-6-23(28-27-22)25-10-7-19-3-4-20-15-30(16-21(19)20)14-18-8-11-31-12-9-18/h5-6,13,18-21H,3-4,7-12,14-16H2,1-2H3,(H,25,28). The summed E-state index contributed by atoms with van der Waals surface area (Å²) >= 11 is 0. The first-order valence-corrected chi connectivity index (χ1v) is 12.0. The minimum Gasteiger partial charge on any atom is -0.381 e. The van der Waals surface area contributed by atoms with Crippen molar-refractivity contribution in [2.24, 2.45) is 30.7 Å². The van der Waals surface area contributed by atoms with E-state index in [-0.39, 0.29) is 0 Å². The molecule has 2 saturated heterocycles. The van der Waals surface area contributed by atoms with Crippen LogP contribution >= 0.6 is 0 Å². The molecule has 4 heterocycles. The van der Waals surface area contributed by atoms with Gasteiger partial charge in [0.05, 0.1) is 11.9 Å². The molecule has 0 aromatic carbocycles. The Hall–Kier alpha value is -1.99. The van der Waals surface area contributed by atoms with Crippen molar-refractivity contribution in [3.05, 3.63) is 23.9 Å². The van der Waals surface area contributed by atoms with Crippen LogP contribution in [0.1, 0.15) is 37.7 Å². The molecule has 1 aliphatic carbocycles. The Morgan fingerprint density at radius 1 is 1.10 bits per heavy atom. The average molecular weight is 425 g/mol. The number of fused-ring (bicyclic) bond motifs is 1. The maximum absolute atomic E-state index is 5.53. The van der Waals surface area contributed by atoms with Crippen molar-refractivity contribution in [2.75, 3.05) is 44.7 Å². The molecule has 0 amide bonds. The first-order valence-electron chi connectivity index (χ1n) is 12.0. The fraction of sp³-hybridized carbons (Fsp3) is 0.708. The predicted molar refractivity (Wildman–Crippen MR) is 122 cm³/mol. The van der Waals surface area contributed by atoms with Crippen molar-refractivity contribution in [1.82, 2.24) is 24.9 Å². The molecule has 2 aliphatic heterocycles. The van der Waals surface area contributed by atoms with Crippen molar-refractivity contribution in [3.8, 4) is 11.4 Å². The summed E-state index contributed by atoms with van der Waals surface area (Å²) < 4.78 is 7.39. The lowest BCUT2D eigenvalue weighted by Gasteiger charge is -2.28. The molecule has 7 heteroatoms. The lowest BCUT2D eigenvalue weighted by Crippen LogP contribution is -2.32. The molecular weight excluding hydrogens is 388 g/mol. The number of nitrogens with one attached hydrogen (secondary N) is 1. The Kier molecular flexibility index (Phi) is 6.23. The highest BCUT2D eigenvalue weighted by atomic mass is 16.5. The number of ether oxygens (including phenoxy) is 1. The van der Waals surface area contributed by atoms with E-state index in [4.69, 9.17) is 4.74 Å². The van der Waals surface area contributed by atoms with Gasteiger partial charge in [0, 0.05) is 46.4 Å². The predicted octanol–water partition coefficient (Wildman–Crippen LogP) is 3.37.